The third kappa shape index (κ3) is 4.74. The van der Waals surface area contributed by atoms with Crippen LogP contribution in [-0.4, -0.2) is 17.5 Å². The quantitative estimate of drug-likeness (QED) is 0.608. The molecular weight excluding hydrogens is 356 g/mol. The van der Waals surface area contributed by atoms with Crippen LogP contribution in [0.2, 0.25) is 0 Å². The van der Waals surface area contributed by atoms with Gasteiger partial charge in [0, 0.05) is 10.9 Å². The molecule has 0 atom stereocenters. The summed E-state index contributed by atoms with van der Waals surface area (Å²) in [5.74, 6) is 0.872. The molecule has 1 N–H and O–H groups in total. The average molecular weight is 381 g/mol. The molecule has 27 heavy (non-hydrogen) atoms. The fourth-order valence-corrected chi connectivity index (χ4v) is 3.58. The van der Waals surface area contributed by atoms with Gasteiger partial charge in [0.25, 0.3) is 5.91 Å². The van der Waals surface area contributed by atoms with E-state index in [-0.39, 0.29) is 12.5 Å². The molecule has 0 saturated heterocycles. The monoisotopic (exact) mass is 380 g/mol. The second kappa shape index (κ2) is 8.35. The highest BCUT2D eigenvalue weighted by atomic mass is 32.1. The molecule has 0 aliphatic heterocycles. The fraction of sp³-hybridized carbons (Fsp3) is 0.273. The first-order valence-corrected chi connectivity index (χ1v) is 9.86. The summed E-state index contributed by atoms with van der Waals surface area (Å²) in [4.78, 5) is 16.8. The third-order valence-electron chi connectivity index (χ3n) is 4.32. The van der Waals surface area contributed by atoms with Crippen LogP contribution >= 0.6 is 11.3 Å². The predicted molar refractivity (Wildman–Crippen MR) is 112 cm³/mol. The summed E-state index contributed by atoms with van der Waals surface area (Å²) >= 11 is 1.42. The Morgan fingerprint density at radius 2 is 1.96 bits per heavy atom. The number of benzene rings is 2. The topological polar surface area (TPSA) is 51.2 Å². The first-order valence-electron chi connectivity index (χ1n) is 8.98. The number of anilines is 1. The lowest BCUT2D eigenvalue weighted by atomic mass is 10.0. The Balaban J connectivity index is 1.64. The van der Waals surface area contributed by atoms with Crippen molar-refractivity contribution >= 4 is 22.4 Å². The van der Waals surface area contributed by atoms with E-state index in [2.05, 4.69) is 56.2 Å². The summed E-state index contributed by atoms with van der Waals surface area (Å²) in [5, 5.41) is 5.37. The molecule has 0 saturated carbocycles. The van der Waals surface area contributed by atoms with Gasteiger partial charge in [-0.15, -0.1) is 11.3 Å². The molecule has 0 radical (unpaired) electrons. The number of hydrogen-bond donors (Lipinski definition) is 1. The summed E-state index contributed by atoms with van der Waals surface area (Å²) in [5.41, 5.74) is 5.41. The zero-order valence-corrected chi connectivity index (χ0v) is 16.9. The minimum Gasteiger partial charge on any atom is -0.483 e. The molecule has 1 amide bonds. The lowest BCUT2D eigenvalue weighted by Gasteiger charge is -2.13. The Kier molecular flexibility index (Phi) is 5.91. The van der Waals surface area contributed by atoms with Crippen LogP contribution in [0, 0.1) is 13.8 Å². The van der Waals surface area contributed by atoms with Crippen LogP contribution in [0.5, 0.6) is 5.75 Å². The van der Waals surface area contributed by atoms with Crippen LogP contribution in [0.15, 0.2) is 47.8 Å². The van der Waals surface area contributed by atoms with Gasteiger partial charge in [-0.3, -0.25) is 10.1 Å². The number of aryl methyl sites for hydroxylation is 2. The van der Waals surface area contributed by atoms with E-state index in [4.69, 9.17) is 4.74 Å². The third-order valence-corrected chi connectivity index (χ3v) is 5.08. The minimum atomic E-state index is -0.213. The molecule has 5 heteroatoms. The Morgan fingerprint density at radius 3 is 2.74 bits per heavy atom. The molecular formula is C22H24N2O2S. The maximum atomic E-state index is 12.3. The Bertz CT molecular complexity index is 947. The molecule has 0 unspecified atom stereocenters. The van der Waals surface area contributed by atoms with Gasteiger partial charge < -0.3 is 4.74 Å². The van der Waals surface area contributed by atoms with Crippen LogP contribution in [0.25, 0.3) is 11.3 Å². The summed E-state index contributed by atoms with van der Waals surface area (Å²) in [6.07, 6.45) is 0. The van der Waals surface area contributed by atoms with Crippen molar-refractivity contribution in [1.82, 2.24) is 4.98 Å². The van der Waals surface area contributed by atoms with Crippen molar-refractivity contribution in [2.75, 3.05) is 11.9 Å². The summed E-state index contributed by atoms with van der Waals surface area (Å²) in [7, 11) is 0. The van der Waals surface area contributed by atoms with Crippen LogP contribution in [0.3, 0.4) is 0 Å². The Labute approximate surface area is 164 Å². The average Bonchev–Trinajstić information content (AvgIpc) is 3.10. The molecule has 0 fully saturated rings. The highest BCUT2D eigenvalue weighted by Crippen LogP contribution is 2.28. The van der Waals surface area contributed by atoms with E-state index in [1.165, 1.54) is 16.9 Å². The van der Waals surface area contributed by atoms with Gasteiger partial charge in [0.2, 0.25) is 0 Å². The summed E-state index contributed by atoms with van der Waals surface area (Å²) in [6.45, 7) is 8.29. The van der Waals surface area contributed by atoms with E-state index in [0.717, 1.165) is 28.1 Å². The molecule has 0 aliphatic carbocycles. The molecule has 2 aromatic carbocycles. The highest BCUT2D eigenvalue weighted by molar-refractivity contribution is 7.14. The lowest BCUT2D eigenvalue weighted by molar-refractivity contribution is -0.118. The SMILES string of the molecule is Cc1ccc(C)c(-c2csc(NC(=O)COc3ccccc3C(C)C)n2)c1. The molecule has 140 valence electrons. The summed E-state index contributed by atoms with van der Waals surface area (Å²) < 4.78 is 5.72. The summed E-state index contributed by atoms with van der Waals surface area (Å²) in [6, 6.07) is 14.1. The van der Waals surface area contributed by atoms with Gasteiger partial charge in [0.1, 0.15) is 5.75 Å². The van der Waals surface area contributed by atoms with Gasteiger partial charge in [-0.2, -0.15) is 0 Å². The van der Waals surface area contributed by atoms with Crippen LogP contribution < -0.4 is 10.1 Å². The Hall–Kier alpha value is -2.66. The number of ether oxygens (including phenoxy) is 1. The van der Waals surface area contributed by atoms with Crippen molar-refractivity contribution in [3.05, 3.63) is 64.5 Å². The largest absolute Gasteiger partial charge is 0.483 e. The fourth-order valence-electron chi connectivity index (χ4n) is 2.85. The number of amides is 1. The maximum absolute atomic E-state index is 12.3. The number of carbonyl (C=O) groups is 1. The number of rotatable bonds is 6. The molecule has 0 spiro atoms. The zero-order valence-electron chi connectivity index (χ0n) is 16.1. The van der Waals surface area contributed by atoms with Crippen molar-refractivity contribution in [1.29, 1.82) is 0 Å². The molecule has 1 heterocycles. The number of aromatic nitrogens is 1. The van der Waals surface area contributed by atoms with Crippen molar-refractivity contribution in [3.8, 4) is 17.0 Å². The van der Waals surface area contributed by atoms with Gasteiger partial charge in [-0.05, 0) is 43.0 Å². The van der Waals surface area contributed by atoms with Gasteiger partial charge in [-0.1, -0.05) is 49.7 Å². The molecule has 1 aromatic heterocycles. The molecule has 0 aliphatic rings. The number of thiazole rings is 1. The predicted octanol–water partition coefficient (Wildman–Crippen LogP) is 5.57. The van der Waals surface area contributed by atoms with Gasteiger partial charge in [0.05, 0.1) is 5.69 Å². The number of para-hydroxylation sites is 1. The molecule has 0 bridgehead atoms. The first kappa shape index (κ1) is 19.1. The first-order chi connectivity index (χ1) is 12.9. The van der Waals surface area contributed by atoms with Crippen LogP contribution in [0.4, 0.5) is 5.13 Å². The van der Waals surface area contributed by atoms with Gasteiger partial charge >= 0.3 is 0 Å². The molecule has 3 rings (SSSR count). The van der Waals surface area contributed by atoms with E-state index in [9.17, 15) is 4.79 Å². The van der Waals surface area contributed by atoms with E-state index in [1.54, 1.807) is 0 Å². The maximum Gasteiger partial charge on any atom is 0.264 e. The van der Waals surface area contributed by atoms with Crippen molar-refractivity contribution in [2.24, 2.45) is 0 Å². The zero-order chi connectivity index (χ0) is 19.4. The number of hydrogen-bond acceptors (Lipinski definition) is 4. The number of nitrogens with one attached hydrogen (secondary N) is 1. The standard InChI is InChI=1S/C22H24N2O2S/c1-14(2)17-7-5-6-8-20(17)26-12-21(25)24-22-23-19(13-27-22)18-11-15(3)9-10-16(18)4/h5-11,13-14H,12H2,1-4H3,(H,23,24,25). The minimum absolute atomic E-state index is 0.0396. The van der Waals surface area contributed by atoms with Crippen LogP contribution in [0.1, 0.15) is 36.5 Å². The van der Waals surface area contributed by atoms with Gasteiger partial charge in [0.15, 0.2) is 11.7 Å². The van der Waals surface area contributed by atoms with Gasteiger partial charge in [-0.25, -0.2) is 4.98 Å². The highest BCUT2D eigenvalue weighted by Gasteiger charge is 2.12. The van der Waals surface area contributed by atoms with Crippen molar-refractivity contribution in [3.63, 3.8) is 0 Å². The van der Waals surface area contributed by atoms with E-state index in [0.29, 0.717) is 11.0 Å². The second-order valence-corrected chi connectivity index (χ2v) is 7.74. The van der Waals surface area contributed by atoms with Crippen molar-refractivity contribution in [2.45, 2.75) is 33.6 Å². The number of carbonyl (C=O) groups excluding carboxylic acids is 1. The smallest absolute Gasteiger partial charge is 0.264 e. The van der Waals surface area contributed by atoms with Crippen molar-refractivity contribution < 1.29 is 9.53 Å². The lowest BCUT2D eigenvalue weighted by Crippen LogP contribution is -2.20. The molecule has 4 nitrogen and oxygen atoms in total. The second-order valence-electron chi connectivity index (χ2n) is 6.89. The van der Waals surface area contributed by atoms with E-state index in [1.807, 2.05) is 29.6 Å². The van der Waals surface area contributed by atoms with E-state index < -0.39 is 0 Å². The molecule has 3 aromatic rings. The normalized spacial score (nSPS) is 10.9. The Morgan fingerprint density at radius 1 is 1.19 bits per heavy atom. The van der Waals surface area contributed by atoms with Crippen LogP contribution in [-0.2, 0) is 4.79 Å². The van der Waals surface area contributed by atoms with E-state index >= 15 is 0 Å². The number of nitrogens with zero attached hydrogens (tertiary/aromatic N) is 1.